The Kier molecular flexibility index (Phi) is 24.3. The summed E-state index contributed by atoms with van der Waals surface area (Å²) in [4.78, 5) is 43.3. The molecule has 0 atom stereocenters. The third-order valence-electron chi connectivity index (χ3n) is 12.4. The number of carbonyl (C=O) groups is 3. The van der Waals surface area contributed by atoms with E-state index in [-0.39, 0.29) is 29.6 Å². The van der Waals surface area contributed by atoms with Crippen LogP contribution in [0.5, 0.6) is 0 Å². The predicted octanol–water partition coefficient (Wildman–Crippen LogP) is 5.96. The second-order valence-corrected chi connectivity index (χ2v) is 20.8. The molecule has 20 heteroatoms. The molecule has 1 saturated heterocycles. The van der Waals surface area contributed by atoms with E-state index in [4.69, 9.17) is 47.1 Å². The fourth-order valence-corrected chi connectivity index (χ4v) is 9.00. The quantitative estimate of drug-likeness (QED) is 0.0317. The van der Waals surface area contributed by atoms with E-state index < -0.39 is 33.3 Å². The van der Waals surface area contributed by atoms with Crippen LogP contribution in [0.25, 0.3) is 17.4 Å². The summed E-state index contributed by atoms with van der Waals surface area (Å²) in [6.07, 6.45) is 7.66. The number of hydrogen-bond acceptors (Lipinski definition) is 16. The van der Waals surface area contributed by atoms with Gasteiger partial charge in [0, 0.05) is 68.5 Å². The van der Waals surface area contributed by atoms with E-state index in [1.165, 1.54) is 12.1 Å². The number of ether oxygens (including phenoxy) is 8. The first-order valence-electron chi connectivity index (χ1n) is 25.4. The summed E-state index contributed by atoms with van der Waals surface area (Å²) < 4.78 is 87.7. The van der Waals surface area contributed by atoms with Gasteiger partial charge in [0.15, 0.2) is 13.1 Å². The molecular formula is C54H78N3O16S+. The minimum atomic E-state index is -4.47. The SMILES string of the molecule is COCCOCCOCCOCC[N+](CCOCCOCCOCCOC)=c1ccc2c(C(C)(C)C)cc(/C=C/C=C3/N(CCCCCC(=O)ON4C(=O)CCC4=O)c4ccc(S(=O)(=O)O)cc4C3(C)C)oc-2c1. The van der Waals surface area contributed by atoms with Crippen molar-refractivity contribution in [2.24, 2.45) is 0 Å². The Morgan fingerprint density at radius 3 is 1.84 bits per heavy atom. The molecule has 2 amide bonds. The highest BCUT2D eigenvalue weighted by atomic mass is 32.2. The maximum absolute atomic E-state index is 12.5. The van der Waals surface area contributed by atoms with Crippen LogP contribution in [0.4, 0.5) is 5.69 Å². The van der Waals surface area contributed by atoms with E-state index in [1.54, 1.807) is 20.3 Å². The molecule has 1 aromatic carbocycles. The number of carbonyl (C=O) groups excluding carboxylic acids is 3. The van der Waals surface area contributed by atoms with Gasteiger partial charge in [0.2, 0.25) is 5.36 Å². The van der Waals surface area contributed by atoms with E-state index in [2.05, 4.69) is 54.5 Å². The fraction of sp³-hybridized carbons (Fsp3) is 0.593. The maximum Gasteiger partial charge on any atom is 0.333 e. The van der Waals surface area contributed by atoms with Gasteiger partial charge in [-0.25, -0.2) is 9.37 Å². The average molecular weight is 1060 g/mol. The number of methoxy groups -OCH3 is 2. The van der Waals surface area contributed by atoms with Crippen LogP contribution in [0.2, 0.25) is 0 Å². The Morgan fingerprint density at radius 1 is 0.743 bits per heavy atom. The number of rotatable bonds is 34. The molecule has 0 radical (unpaired) electrons. The summed E-state index contributed by atoms with van der Waals surface area (Å²) in [7, 11) is -1.20. The standard InChI is InChI=1S/C54H77N3O16S/c1-53(2,3)45-39-42(12-11-13-49-54(4,5)46-40-43(74(61,62)63)16-18-47(46)56(49)21-10-8-9-14-52(60)73-57-50(58)19-20-51(57)59)72-48-38-41(15-17-44(45)48)55(22-24-66-30-32-70-36-34-68-28-26-64-6)23-25-67-31-33-71-37-35-69-29-27-65-7/h11-13,15-18,38-40H,8-10,14,19-37H2,1-7H3/p+1. The number of anilines is 1. The van der Waals surface area contributed by atoms with Crippen molar-refractivity contribution in [1.82, 2.24) is 9.64 Å². The summed E-state index contributed by atoms with van der Waals surface area (Å²) in [5.74, 6) is -0.367. The first kappa shape index (κ1) is 60.0. The predicted molar refractivity (Wildman–Crippen MR) is 277 cm³/mol. The zero-order valence-electron chi connectivity index (χ0n) is 44.4. The van der Waals surface area contributed by atoms with E-state index in [1.807, 2.05) is 32.1 Å². The number of benzene rings is 2. The lowest BCUT2D eigenvalue weighted by molar-refractivity contribution is -0.197. The van der Waals surface area contributed by atoms with Gasteiger partial charge in [-0.1, -0.05) is 47.1 Å². The zero-order chi connectivity index (χ0) is 53.6. The van der Waals surface area contributed by atoms with E-state index in [9.17, 15) is 27.4 Å². The number of imide groups is 1. The van der Waals surface area contributed by atoms with Gasteiger partial charge < -0.3 is 52.0 Å². The lowest BCUT2D eigenvalue weighted by Crippen LogP contribution is -2.36. The molecule has 3 heterocycles. The lowest BCUT2D eigenvalue weighted by Gasteiger charge is -2.27. The van der Waals surface area contributed by atoms with E-state index in [0.29, 0.717) is 148 Å². The van der Waals surface area contributed by atoms with Crippen LogP contribution in [0.1, 0.15) is 90.0 Å². The number of unbranched alkanes of at least 4 members (excludes halogenated alkanes) is 2. The molecule has 74 heavy (non-hydrogen) atoms. The van der Waals surface area contributed by atoms with Crippen LogP contribution in [0.15, 0.2) is 69.6 Å². The van der Waals surface area contributed by atoms with Crippen LogP contribution in [-0.2, 0) is 78.1 Å². The Balaban J connectivity index is 1.35. The summed E-state index contributed by atoms with van der Waals surface area (Å²) in [6, 6.07) is 12.9. The molecular weight excluding hydrogens is 979 g/mol. The molecule has 4 aliphatic rings. The summed E-state index contributed by atoms with van der Waals surface area (Å²) in [6.45, 7) is 18.9. The second kappa shape index (κ2) is 30.0. The van der Waals surface area contributed by atoms with Crippen LogP contribution < -0.4 is 14.8 Å². The van der Waals surface area contributed by atoms with Crippen molar-refractivity contribution in [1.29, 1.82) is 0 Å². The largest absolute Gasteiger partial charge is 0.456 e. The molecule has 410 valence electrons. The molecule has 0 aromatic heterocycles. The molecule has 1 aliphatic carbocycles. The molecule has 0 spiro atoms. The minimum absolute atomic E-state index is 0.0254. The van der Waals surface area contributed by atoms with Gasteiger partial charge in [-0.15, -0.1) is 5.06 Å². The van der Waals surface area contributed by atoms with E-state index in [0.717, 1.165) is 33.4 Å². The van der Waals surface area contributed by atoms with Crippen molar-refractivity contribution >= 4 is 39.7 Å². The van der Waals surface area contributed by atoms with Crippen LogP contribution in [0.3, 0.4) is 0 Å². The highest BCUT2D eigenvalue weighted by Gasteiger charge is 2.40. The summed E-state index contributed by atoms with van der Waals surface area (Å²) >= 11 is 0. The average Bonchev–Trinajstić information content (AvgIpc) is 3.78. The third kappa shape index (κ3) is 18.5. The number of hydroxylamine groups is 2. The number of nitrogens with zero attached hydrogens (tertiary/aromatic N) is 3. The molecule has 5 rings (SSSR count). The van der Waals surface area contributed by atoms with Crippen molar-refractivity contribution < 1.29 is 74.5 Å². The van der Waals surface area contributed by atoms with Crippen LogP contribution in [-0.4, -0.2) is 162 Å². The molecule has 0 unspecified atom stereocenters. The molecule has 1 fully saturated rings. The van der Waals surface area contributed by atoms with Crippen molar-refractivity contribution in [2.75, 3.05) is 131 Å². The smallest absolute Gasteiger partial charge is 0.333 e. The lowest BCUT2D eigenvalue weighted by atomic mass is 9.82. The zero-order valence-corrected chi connectivity index (χ0v) is 45.2. The Hall–Kier alpha value is -4.87. The van der Waals surface area contributed by atoms with Gasteiger partial charge in [-0.3, -0.25) is 14.1 Å². The van der Waals surface area contributed by atoms with Gasteiger partial charge in [0.05, 0.1) is 90.2 Å². The van der Waals surface area contributed by atoms with E-state index >= 15 is 0 Å². The Labute approximate surface area is 436 Å². The first-order valence-corrected chi connectivity index (χ1v) is 26.9. The van der Waals surface area contributed by atoms with Gasteiger partial charge in [-0.2, -0.15) is 8.42 Å². The number of allylic oxidation sites excluding steroid dienone is 3. The highest BCUT2D eigenvalue weighted by molar-refractivity contribution is 7.85. The molecule has 1 N–H and O–H groups in total. The highest BCUT2D eigenvalue weighted by Crippen LogP contribution is 2.48. The Morgan fingerprint density at radius 2 is 1.30 bits per heavy atom. The number of amides is 2. The summed E-state index contributed by atoms with van der Waals surface area (Å²) in [5, 5.41) is 1.49. The van der Waals surface area contributed by atoms with Crippen molar-refractivity contribution in [3.63, 3.8) is 0 Å². The molecule has 0 bridgehead atoms. The summed E-state index contributed by atoms with van der Waals surface area (Å²) in [5.41, 5.74) is 3.57. The van der Waals surface area contributed by atoms with Gasteiger partial charge in [0.1, 0.15) is 24.7 Å². The molecule has 1 aromatic rings. The maximum atomic E-state index is 12.5. The topological polar surface area (TPSA) is 211 Å². The minimum Gasteiger partial charge on any atom is -0.456 e. The number of hydrogen-bond donors (Lipinski definition) is 1. The van der Waals surface area contributed by atoms with Crippen molar-refractivity contribution in [2.45, 2.75) is 88.9 Å². The Bertz CT molecular complexity index is 2450. The monoisotopic (exact) mass is 1060 g/mol. The van der Waals surface area contributed by atoms with Gasteiger partial charge >= 0.3 is 5.97 Å². The second-order valence-electron chi connectivity index (χ2n) is 19.3. The molecule has 0 saturated carbocycles. The van der Waals surface area contributed by atoms with Crippen LogP contribution >= 0.6 is 0 Å². The molecule has 19 nitrogen and oxygen atoms in total. The normalized spacial score (nSPS) is 15.4. The fourth-order valence-electron chi connectivity index (χ4n) is 8.49. The third-order valence-corrected chi connectivity index (χ3v) is 13.3. The van der Waals surface area contributed by atoms with Crippen LogP contribution in [0, 0.1) is 0 Å². The number of fused-ring (bicyclic) bond motifs is 2. The van der Waals surface area contributed by atoms with Gasteiger partial charge in [-0.05, 0) is 71.9 Å². The van der Waals surface area contributed by atoms with Gasteiger partial charge in [0.25, 0.3) is 21.9 Å². The first-order chi connectivity index (χ1) is 35.4. The van der Waals surface area contributed by atoms with Crippen molar-refractivity contribution in [3.05, 3.63) is 82.6 Å². The molecule has 3 aliphatic heterocycles. The van der Waals surface area contributed by atoms with Crippen molar-refractivity contribution in [3.8, 4) is 11.3 Å².